The van der Waals surface area contributed by atoms with Crippen molar-refractivity contribution < 1.29 is 4.42 Å². The van der Waals surface area contributed by atoms with Crippen LogP contribution in [-0.2, 0) is 0 Å². The van der Waals surface area contributed by atoms with Crippen molar-refractivity contribution in [3.05, 3.63) is 164 Å². The van der Waals surface area contributed by atoms with Crippen LogP contribution in [0.1, 0.15) is 0 Å². The third-order valence-corrected chi connectivity index (χ3v) is 8.75. The summed E-state index contributed by atoms with van der Waals surface area (Å²) in [6.07, 6.45) is 0. The van der Waals surface area contributed by atoms with E-state index in [9.17, 15) is 0 Å². The molecule has 0 saturated carbocycles. The highest BCUT2D eigenvalue weighted by molar-refractivity contribution is 6.13. The smallest absolute Gasteiger partial charge is 0.164 e. The van der Waals surface area contributed by atoms with Crippen molar-refractivity contribution in [1.29, 1.82) is 0 Å². The summed E-state index contributed by atoms with van der Waals surface area (Å²) in [5, 5.41) is 4.62. The Kier molecular flexibility index (Phi) is 6.43. The lowest BCUT2D eigenvalue weighted by atomic mass is 9.95. The Balaban J connectivity index is 1.19. The molecule has 0 unspecified atom stereocenters. The van der Waals surface area contributed by atoms with Crippen LogP contribution in [-0.4, -0.2) is 15.0 Å². The molecular weight excluding hydrogens is 574 g/mol. The van der Waals surface area contributed by atoms with Gasteiger partial charge in [-0.05, 0) is 51.2 Å². The number of aromatic nitrogens is 3. The molecule has 9 aromatic rings. The van der Waals surface area contributed by atoms with Gasteiger partial charge in [-0.3, -0.25) is 0 Å². The van der Waals surface area contributed by atoms with Gasteiger partial charge in [0.2, 0.25) is 0 Å². The molecule has 0 amide bonds. The standard InChI is InChI=1S/C43H27N3O/c1-2-12-30(13-3-1)41-44-42(31-24-21-29(22-25-31)33-26-23-28-11-4-5-14-32(28)27-33)46-43(45-41)36-16-7-6-15-34(36)35-18-10-20-39-40(35)37-17-8-9-19-38(37)47-39/h1-27H. The summed E-state index contributed by atoms with van der Waals surface area (Å²) in [5.74, 6) is 1.87. The number of hydrogen-bond acceptors (Lipinski definition) is 4. The number of nitrogens with zero attached hydrogens (tertiary/aromatic N) is 3. The molecule has 0 fully saturated rings. The van der Waals surface area contributed by atoms with Crippen molar-refractivity contribution in [1.82, 2.24) is 15.0 Å². The number of benzene rings is 7. The second-order valence-electron chi connectivity index (χ2n) is 11.6. The maximum atomic E-state index is 6.24. The lowest BCUT2D eigenvalue weighted by molar-refractivity contribution is 0.669. The van der Waals surface area contributed by atoms with E-state index in [1.165, 1.54) is 16.3 Å². The van der Waals surface area contributed by atoms with Gasteiger partial charge in [-0.25, -0.2) is 15.0 Å². The second-order valence-corrected chi connectivity index (χ2v) is 11.6. The molecule has 0 radical (unpaired) electrons. The summed E-state index contributed by atoms with van der Waals surface area (Å²) in [6.45, 7) is 0. The van der Waals surface area contributed by atoms with E-state index in [2.05, 4.69) is 103 Å². The molecule has 7 aromatic carbocycles. The van der Waals surface area contributed by atoms with Gasteiger partial charge in [-0.1, -0.05) is 146 Å². The van der Waals surface area contributed by atoms with Crippen LogP contribution in [0.15, 0.2) is 168 Å². The Morgan fingerprint density at radius 3 is 1.74 bits per heavy atom. The zero-order valence-corrected chi connectivity index (χ0v) is 25.3. The predicted octanol–water partition coefficient (Wildman–Crippen LogP) is 11.3. The Hall–Kier alpha value is -6.39. The topological polar surface area (TPSA) is 51.8 Å². The zero-order valence-electron chi connectivity index (χ0n) is 25.3. The zero-order chi connectivity index (χ0) is 31.2. The van der Waals surface area contributed by atoms with Crippen LogP contribution in [0.3, 0.4) is 0 Å². The van der Waals surface area contributed by atoms with E-state index in [0.717, 1.165) is 55.3 Å². The molecule has 0 aliphatic carbocycles. The van der Waals surface area contributed by atoms with Gasteiger partial charge in [0.1, 0.15) is 11.2 Å². The van der Waals surface area contributed by atoms with Gasteiger partial charge in [-0.15, -0.1) is 0 Å². The van der Waals surface area contributed by atoms with Crippen LogP contribution in [0, 0.1) is 0 Å². The van der Waals surface area contributed by atoms with Crippen molar-refractivity contribution in [2.45, 2.75) is 0 Å². The van der Waals surface area contributed by atoms with Crippen LogP contribution in [0.4, 0.5) is 0 Å². The van der Waals surface area contributed by atoms with E-state index in [4.69, 9.17) is 19.4 Å². The average Bonchev–Trinajstić information content (AvgIpc) is 3.54. The summed E-state index contributed by atoms with van der Waals surface area (Å²) in [7, 11) is 0. The molecule has 4 heteroatoms. The molecule has 2 aromatic heterocycles. The van der Waals surface area contributed by atoms with E-state index in [1.54, 1.807) is 0 Å². The highest BCUT2D eigenvalue weighted by Gasteiger charge is 2.19. The first-order valence-corrected chi connectivity index (χ1v) is 15.7. The Morgan fingerprint density at radius 2 is 0.915 bits per heavy atom. The maximum absolute atomic E-state index is 6.24. The van der Waals surface area contributed by atoms with Crippen LogP contribution in [0.25, 0.3) is 89.1 Å². The molecule has 4 nitrogen and oxygen atoms in total. The number of rotatable bonds is 5. The Bertz CT molecular complexity index is 2570. The fourth-order valence-corrected chi connectivity index (χ4v) is 6.43. The fraction of sp³-hybridized carbons (Fsp3) is 0. The van der Waals surface area contributed by atoms with Gasteiger partial charge in [-0.2, -0.15) is 0 Å². The van der Waals surface area contributed by atoms with Crippen LogP contribution in [0.5, 0.6) is 0 Å². The number of para-hydroxylation sites is 1. The van der Waals surface area contributed by atoms with Crippen LogP contribution < -0.4 is 0 Å². The van der Waals surface area contributed by atoms with E-state index in [1.807, 2.05) is 60.7 Å². The number of fused-ring (bicyclic) bond motifs is 4. The normalized spacial score (nSPS) is 11.4. The van der Waals surface area contributed by atoms with Crippen LogP contribution >= 0.6 is 0 Å². The first-order valence-electron chi connectivity index (χ1n) is 15.7. The molecule has 0 aliphatic heterocycles. The van der Waals surface area contributed by atoms with E-state index in [-0.39, 0.29) is 0 Å². The lowest BCUT2D eigenvalue weighted by Crippen LogP contribution is -2.01. The third kappa shape index (κ3) is 4.84. The van der Waals surface area contributed by atoms with Crippen molar-refractivity contribution in [2.24, 2.45) is 0 Å². The summed E-state index contributed by atoms with van der Waals surface area (Å²) in [6, 6.07) is 56.3. The van der Waals surface area contributed by atoms with Crippen LogP contribution in [0.2, 0.25) is 0 Å². The van der Waals surface area contributed by atoms with Gasteiger partial charge in [0.25, 0.3) is 0 Å². The Labute approximate surface area is 271 Å². The van der Waals surface area contributed by atoms with Gasteiger partial charge < -0.3 is 4.42 Å². The first kappa shape index (κ1) is 27.0. The van der Waals surface area contributed by atoms with Gasteiger partial charge >= 0.3 is 0 Å². The molecule has 47 heavy (non-hydrogen) atoms. The molecule has 0 N–H and O–H groups in total. The minimum absolute atomic E-state index is 0.618. The van der Waals surface area contributed by atoms with Gasteiger partial charge in [0.15, 0.2) is 17.5 Å². The first-order chi connectivity index (χ1) is 23.3. The highest BCUT2D eigenvalue weighted by Crippen LogP contribution is 2.40. The number of furan rings is 1. The minimum atomic E-state index is 0.618. The average molecular weight is 602 g/mol. The fourth-order valence-electron chi connectivity index (χ4n) is 6.43. The van der Waals surface area contributed by atoms with Crippen molar-refractivity contribution in [3.63, 3.8) is 0 Å². The highest BCUT2D eigenvalue weighted by atomic mass is 16.3. The Morgan fingerprint density at radius 1 is 0.340 bits per heavy atom. The largest absolute Gasteiger partial charge is 0.456 e. The molecule has 9 rings (SSSR count). The maximum Gasteiger partial charge on any atom is 0.164 e. The van der Waals surface area contributed by atoms with Crippen molar-refractivity contribution >= 4 is 32.7 Å². The van der Waals surface area contributed by atoms with E-state index in [0.29, 0.717) is 17.5 Å². The van der Waals surface area contributed by atoms with Gasteiger partial charge in [0, 0.05) is 27.5 Å². The van der Waals surface area contributed by atoms with Crippen molar-refractivity contribution in [2.75, 3.05) is 0 Å². The molecule has 0 aliphatic rings. The molecule has 2 heterocycles. The molecule has 220 valence electrons. The molecule has 0 spiro atoms. The minimum Gasteiger partial charge on any atom is -0.456 e. The molecular formula is C43H27N3O. The third-order valence-electron chi connectivity index (χ3n) is 8.75. The lowest BCUT2D eigenvalue weighted by Gasteiger charge is -2.13. The number of hydrogen-bond donors (Lipinski definition) is 0. The summed E-state index contributed by atoms with van der Waals surface area (Å²) < 4.78 is 6.24. The summed E-state index contributed by atoms with van der Waals surface area (Å²) >= 11 is 0. The van der Waals surface area contributed by atoms with E-state index >= 15 is 0 Å². The summed E-state index contributed by atoms with van der Waals surface area (Å²) in [5.41, 5.74) is 8.94. The molecule has 0 saturated heterocycles. The molecule has 0 bridgehead atoms. The van der Waals surface area contributed by atoms with E-state index < -0.39 is 0 Å². The quantitative estimate of drug-likeness (QED) is 0.197. The van der Waals surface area contributed by atoms with Crippen molar-refractivity contribution in [3.8, 4) is 56.4 Å². The second kappa shape index (κ2) is 11.2. The van der Waals surface area contributed by atoms with Gasteiger partial charge in [0.05, 0.1) is 0 Å². The molecule has 0 atom stereocenters. The SMILES string of the molecule is c1ccc(-c2nc(-c3ccc(-c4ccc5ccccc5c4)cc3)nc(-c3ccccc3-c3cccc4oc5ccccc5c34)n2)cc1. The summed E-state index contributed by atoms with van der Waals surface area (Å²) in [4.78, 5) is 15.2. The predicted molar refractivity (Wildman–Crippen MR) is 192 cm³/mol. The monoisotopic (exact) mass is 601 g/mol.